The first-order chi connectivity index (χ1) is 10.5. The lowest BCUT2D eigenvalue weighted by atomic mass is 10.2. The summed E-state index contributed by atoms with van der Waals surface area (Å²) in [6.07, 6.45) is 1.20. The van der Waals surface area contributed by atoms with Gasteiger partial charge in [-0.05, 0) is 28.1 Å². The third kappa shape index (κ3) is 3.78. The quantitative estimate of drug-likeness (QED) is 0.833. The lowest BCUT2D eigenvalue weighted by molar-refractivity contribution is 0.0967. The number of rotatable bonds is 2. The highest BCUT2D eigenvalue weighted by Crippen LogP contribution is 2.15. The highest BCUT2D eigenvalue weighted by Gasteiger charge is 2.14. The Morgan fingerprint density at radius 2 is 2.05 bits per heavy atom. The van der Waals surface area contributed by atoms with Crippen LogP contribution >= 0.6 is 27.5 Å². The number of urea groups is 1. The summed E-state index contributed by atoms with van der Waals surface area (Å²) < 4.78 is 0.185. The SMILES string of the molecule is N#Cc1ncc(NC(=O)NC(=O)c2ccccc2Cl)nc1Br. The summed E-state index contributed by atoms with van der Waals surface area (Å²) in [7, 11) is 0. The maximum Gasteiger partial charge on any atom is 0.327 e. The maximum atomic E-state index is 11.9. The average Bonchev–Trinajstić information content (AvgIpc) is 2.47. The van der Waals surface area contributed by atoms with Crippen LogP contribution in [0.2, 0.25) is 5.02 Å². The van der Waals surface area contributed by atoms with E-state index in [1.54, 1.807) is 12.1 Å². The molecule has 0 saturated heterocycles. The molecule has 0 aliphatic carbocycles. The van der Waals surface area contributed by atoms with Gasteiger partial charge in [-0.25, -0.2) is 14.8 Å². The third-order valence-electron chi connectivity index (χ3n) is 2.42. The predicted molar refractivity (Wildman–Crippen MR) is 82.4 cm³/mol. The zero-order valence-corrected chi connectivity index (χ0v) is 13.1. The summed E-state index contributed by atoms with van der Waals surface area (Å²) in [5, 5.41) is 13.4. The molecule has 2 N–H and O–H groups in total. The zero-order chi connectivity index (χ0) is 16.1. The molecule has 0 atom stereocenters. The summed E-state index contributed by atoms with van der Waals surface area (Å²) in [5.41, 5.74) is 0.254. The molecular weight excluding hydrogens is 374 g/mol. The molecule has 2 rings (SSSR count). The molecule has 0 fully saturated rings. The number of carbonyl (C=O) groups excluding carboxylic acids is 2. The van der Waals surface area contributed by atoms with E-state index in [0.29, 0.717) is 0 Å². The van der Waals surface area contributed by atoms with E-state index in [4.69, 9.17) is 16.9 Å². The number of anilines is 1. The van der Waals surface area contributed by atoms with Crippen molar-refractivity contribution < 1.29 is 9.59 Å². The zero-order valence-electron chi connectivity index (χ0n) is 10.8. The molecule has 22 heavy (non-hydrogen) atoms. The van der Waals surface area contributed by atoms with Crippen molar-refractivity contribution in [3.63, 3.8) is 0 Å². The molecule has 0 aliphatic heterocycles. The minimum atomic E-state index is -0.796. The first-order valence-corrected chi connectivity index (χ1v) is 6.98. The first-order valence-electron chi connectivity index (χ1n) is 5.80. The van der Waals surface area contributed by atoms with E-state index >= 15 is 0 Å². The number of halogens is 2. The van der Waals surface area contributed by atoms with Gasteiger partial charge in [0.15, 0.2) is 11.5 Å². The molecule has 0 saturated carbocycles. The van der Waals surface area contributed by atoms with Crippen molar-refractivity contribution in [3.8, 4) is 6.07 Å². The highest BCUT2D eigenvalue weighted by atomic mass is 79.9. The third-order valence-corrected chi connectivity index (χ3v) is 3.31. The van der Waals surface area contributed by atoms with Crippen LogP contribution in [0.4, 0.5) is 10.6 Å². The minimum Gasteiger partial charge on any atom is -0.291 e. The molecule has 3 amide bonds. The van der Waals surface area contributed by atoms with Crippen LogP contribution in [0.25, 0.3) is 0 Å². The van der Waals surface area contributed by atoms with Crippen molar-refractivity contribution in [2.24, 2.45) is 0 Å². The molecular formula is C13H7BrClN5O2. The van der Waals surface area contributed by atoms with E-state index in [1.807, 2.05) is 6.07 Å². The van der Waals surface area contributed by atoms with Gasteiger partial charge in [-0.15, -0.1) is 0 Å². The fraction of sp³-hybridized carbons (Fsp3) is 0. The Hall–Kier alpha value is -2.50. The van der Waals surface area contributed by atoms with Gasteiger partial charge in [-0.3, -0.25) is 15.4 Å². The van der Waals surface area contributed by atoms with Crippen LogP contribution in [0.5, 0.6) is 0 Å². The van der Waals surface area contributed by atoms with E-state index in [0.717, 1.165) is 0 Å². The average molecular weight is 381 g/mol. The van der Waals surface area contributed by atoms with Crippen molar-refractivity contribution in [2.45, 2.75) is 0 Å². The van der Waals surface area contributed by atoms with Crippen molar-refractivity contribution in [1.82, 2.24) is 15.3 Å². The van der Waals surface area contributed by atoms with Gasteiger partial charge in [0.1, 0.15) is 10.7 Å². The number of amides is 3. The molecule has 0 unspecified atom stereocenters. The van der Waals surface area contributed by atoms with E-state index in [9.17, 15) is 9.59 Å². The molecule has 1 aromatic heterocycles. The molecule has 1 heterocycles. The number of nitrogens with one attached hydrogen (secondary N) is 2. The Kier molecular flexibility index (Phi) is 5.04. The largest absolute Gasteiger partial charge is 0.327 e. The standard InChI is InChI=1S/C13H7BrClN5O2/c14-11-9(5-16)17-6-10(18-11)19-13(22)20-12(21)7-3-1-2-4-8(7)15/h1-4,6H,(H2,18,19,20,21,22). The van der Waals surface area contributed by atoms with Crippen molar-refractivity contribution >= 4 is 45.3 Å². The molecule has 0 radical (unpaired) electrons. The Morgan fingerprint density at radius 1 is 1.32 bits per heavy atom. The number of carbonyl (C=O) groups is 2. The van der Waals surface area contributed by atoms with Gasteiger partial charge in [-0.1, -0.05) is 23.7 Å². The lowest BCUT2D eigenvalue weighted by Crippen LogP contribution is -2.34. The minimum absolute atomic E-state index is 0.0790. The van der Waals surface area contributed by atoms with E-state index < -0.39 is 11.9 Å². The van der Waals surface area contributed by atoms with Gasteiger partial charge >= 0.3 is 6.03 Å². The number of hydrogen-bond donors (Lipinski definition) is 2. The molecule has 7 nitrogen and oxygen atoms in total. The molecule has 0 aliphatic rings. The predicted octanol–water partition coefficient (Wildman–Crippen LogP) is 2.73. The Balaban J connectivity index is 2.05. The fourth-order valence-corrected chi connectivity index (χ4v) is 2.07. The van der Waals surface area contributed by atoms with Crippen LogP contribution in [-0.2, 0) is 0 Å². The van der Waals surface area contributed by atoms with Crippen molar-refractivity contribution in [3.05, 3.63) is 51.3 Å². The molecule has 0 spiro atoms. The summed E-state index contributed by atoms with van der Waals surface area (Å²) in [4.78, 5) is 31.3. The van der Waals surface area contributed by atoms with Gasteiger partial charge in [0.2, 0.25) is 0 Å². The molecule has 0 bridgehead atoms. The molecule has 110 valence electrons. The number of aromatic nitrogens is 2. The van der Waals surface area contributed by atoms with Gasteiger partial charge in [0.05, 0.1) is 16.8 Å². The second-order valence-corrected chi connectivity index (χ2v) is 5.05. The Bertz CT molecular complexity index is 790. The van der Waals surface area contributed by atoms with Crippen LogP contribution in [0.15, 0.2) is 35.1 Å². The summed E-state index contributed by atoms with van der Waals surface area (Å²) in [6.45, 7) is 0. The van der Waals surface area contributed by atoms with Crippen LogP contribution in [0, 0.1) is 11.3 Å². The van der Waals surface area contributed by atoms with Crippen molar-refractivity contribution in [1.29, 1.82) is 5.26 Å². The summed E-state index contributed by atoms with van der Waals surface area (Å²) in [5.74, 6) is -0.570. The summed E-state index contributed by atoms with van der Waals surface area (Å²) >= 11 is 8.91. The second-order valence-electron chi connectivity index (χ2n) is 3.89. The topological polar surface area (TPSA) is 108 Å². The Labute approximate surface area is 138 Å². The van der Waals surface area contributed by atoms with Gasteiger partial charge in [-0.2, -0.15) is 5.26 Å². The van der Waals surface area contributed by atoms with Gasteiger partial charge in [0, 0.05) is 0 Å². The maximum absolute atomic E-state index is 11.9. The normalized spacial score (nSPS) is 9.68. The molecule has 2 aromatic rings. The highest BCUT2D eigenvalue weighted by molar-refractivity contribution is 9.10. The number of nitriles is 1. The van der Waals surface area contributed by atoms with Crippen LogP contribution < -0.4 is 10.6 Å². The number of imide groups is 1. The molecule has 9 heteroatoms. The Morgan fingerprint density at radius 3 is 2.68 bits per heavy atom. The molecule has 1 aromatic carbocycles. The second kappa shape index (κ2) is 6.98. The summed E-state index contributed by atoms with van der Waals surface area (Å²) in [6, 6.07) is 7.35. The van der Waals surface area contributed by atoms with Gasteiger partial charge < -0.3 is 0 Å². The van der Waals surface area contributed by atoms with Crippen molar-refractivity contribution in [2.75, 3.05) is 5.32 Å². The monoisotopic (exact) mass is 379 g/mol. The lowest BCUT2D eigenvalue weighted by Gasteiger charge is -2.07. The van der Waals surface area contributed by atoms with E-state index in [2.05, 4.69) is 36.5 Å². The first kappa shape index (κ1) is 15.9. The van der Waals surface area contributed by atoms with Crippen LogP contribution in [-0.4, -0.2) is 21.9 Å². The number of benzene rings is 1. The van der Waals surface area contributed by atoms with Crippen LogP contribution in [0.3, 0.4) is 0 Å². The number of nitrogens with zero attached hydrogens (tertiary/aromatic N) is 3. The van der Waals surface area contributed by atoms with Gasteiger partial charge in [0.25, 0.3) is 5.91 Å². The smallest absolute Gasteiger partial charge is 0.291 e. The van der Waals surface area contributed by atoms with E-state index in [-0.39, 0.29) is 26.7 Å². The van der Waals surface area contributed by atoms with Crippen LogP contribution in [0.1, 0.15) is 16.1 Å². The van der Waals surface area contributed by atoms with E-state index in [1.165, 1.54) is 18.3 Å². The number of hydrogen-bond acceptors (Lipinski definition) is 5. The fourth-order valence-electron chi connectivity index (χ4n) is 1.47.